The molecule has 3 heterocycles. The van der Waals surface area contributed by atoms with Crippen molar-refractivity contribution in [3.8, 4) is 0 Å². The second kappa shape index (κ2) is 7.98. The fraction of sp³-hybridized carbons (Fsp3) is 0.600. The summed E-state index contributed by atoms with van der Waals surface area (Å²) in [5, 5.41) is 0. The summed E-state index contributed by atoms with van der Waals surface area (Å²) >= 11 is 0. The number of carbonyl (C=O) groups excluding carboxylic acids is 2. The van der Waals surface area contributed by atoms with E-state index in [0.717, 1.165) is 11.3 Å². The lowest BCUT2D eigenvalue weighted by Gasteiger charge is -2.42. The molecule has 0 aromatic heterocycles. The zero-order valence-corrected chi connectivity index (χ0v) is 16.5. The Morgan fingerprint density at radius 3 is 2.27 bits per heavy atom. The van der Waals surface area contributed by atoms with E-state index in [0.29, 0.717) is 45.7 Å². The highest BCUT2D eigenvalue weighted by Crippen LogP contribution is 2.31. The van der Waals surface area contributed by atoms with Gasteiger partial charge in [-0.2, -0.15) is 13.2 Å². The average Bonchev–Trinajstić information content (AvgIpc) is 3.09. The highest BCUT2D eigenvalue weighted by Gasteiger charge is 2.38. The van der Waals surface area contributed by atoms with Gasteiger partial charge in [-0.1, -0.05) is 12.1 Å². The standard InChI is InChI=1S/C20H25F3N4O3/c21-20(22,23)12-30-17-10-26(11-17)16-3-1-13(2-4-16)15-8-27(9-15)19(29)25-6-5-14(7-25)18(24)28/h1-4,14-15,17H,5-12H2,(H2,24,28). The number of urea groups is 1. The van der Waals surface area contributed by atoms with Crippen LogP contribution in [0.1, 0.15) is 17.9 Å². The van der Waals surface area contributed by atoms with Crippen molar-refractivity contribution in [3.05, 3.63) is 29.8 Å². The van der Waals surface area contributed by atoms with Crippen molar-refractivity contribution in [2.45, 2.75) is 24.6 Å². The molecule has 3 aliphatic rings. The third-order valence-corrected chi connectivity index (χ3v) is 6.07. The van der Waals surface area contributed by atoms with E-state index in [4.69, 9.17) is 10.5 Å². The topological polar surface area (TPSA) is 79.1 Å². The van der Waals surface area contributed by atoms with Crippen molar-refractivity contribution >= 4 is 17.6 Å². The van der Waals surface area contributed by atoms with Crippen LogP contribution in [0.25, 0.3) is 0 Å². The molecule has 0 bridgehead atoms. The number of likely N-dealkylation sites (tertiary alicyclic amines) is 2. The molecule has 3 saturated heterocycles. The molecule has 0 aliphatic carbocycles. The zero-order chi connectivity index (χ0) is 21.5. The minimum atomic E-state index is -4.29. The lowest BCUT2D eigenvalue weighted by Crippen LogP contribution is -2.53. The molecule has 0 spiro atoms. The van der Waals surface area contributed by atoms with Crippen molar-refractivity contribution in [1.29, 1.82) is 0 Å². The van der Waals surface area contributed by atoms with Gasteiger partial charge in [-0.15, -0.1) is 0 Å². The second-order valence-corrected chi connectivity index (χ2v) is 8.26. The lowest BCUT2D eigenvalue weighted by molar-refractivity contribution is -0.187. The number of halogens is 3. The monoisotopic (exact) mass is 426 g/mol. The van der Waals surface area contributed by atoms with E-state index in [-0.39, 0.29) is 23.8 Å². The quantitative estimate of drug-likeness (QED) is 0.779. The Labute approximate surface area is 172 Å². The molecule has 30 heavy (non-hydrogen) atoms. The van der Waals surface area contributed by atoms with E-state index < -0.39 is 18.9 Å². The SMILES string of the molecule is NC(=O)C1CCN(C(=O)N2CC(c3ccc(N4CC(OCC(F)(F)F)C4)cc3)C2)C1. The van der Waals surface area contributed by atoms with Gasteiger partial charge in [-0.05, 0) is 24.1 Å². The first-order valence-corrected chi connectivity index (χ1v) is 10.1. The Balaban J connectivity index is 1.21. The molecule has 4 rings (SSSR count). The number of ether oxygens (including phenoxy) is 1. The molecule has 3 aliphatic heterocycles. The molecule has 2 N–H and O–H groups in total. The van der Waals surface area contributed by atoms with E-state index in [1.54, 1.807) is 9.80 Å². The van der Waals surface area contributed by atoms with Gasteiger partial charge in [0.15, 0.2) is 0 Å². The van der Waals surface area contributed by atoms with Gasteiger partial charge in [0.25, 0.3) is 0 Å². The van der Waals surface area contributed by atoms with E-state index in [1.807, 2.05) is 29.2 Å². The van der Waals surface area contributed by atoms with Crippen LogP contribution in [0.2, 0.25) is 0 Å². The number of primary amides is 1. The van der Waals surface area contributed by atoms with Crippen LogP contribution in [0.4, 0.5) is 23.7 Å². The smallest absolute Gasteiger partial charge is 0.369 e. The van der Waals surface area contributed by atoms with Gasteiger partial charge in [0.1, 0.15) is 6.61 Å². The summed E-state index contributed by atoms with van der Waals surface area (Å²) in [6, 6.07) is 7.88. The van der Waals surface area contributed by atoms with Crippen LogP contribution in [0.5, 0.6) is 0 Å². The number of hydrogen-bond donors (Lipinski definition) is 1. The number of amides is 3. The largest absolute Gasteiger partial charge is 0.411 e. The third kappa shape index (κ3) is 4.48. The Hall–Kier alpha value is -2.49. The fourth-order valence-corrected chi connectivity index (χ4v) is 4.14. The molecule has 7 nitrogen and oxygen atoms in total. The molecule has 1 unspecified atom stereocenters. The van der Waals surface area contributed by atoms with Crippen LogP contribution >= 0.6 is 0 Å². The lowest BCUT2D eigenvalue weighted by atomic mass is 9.91. The fourth-order valence-electron chi connectivity index (χ4n) is 4.14. The van der Waals surface area contributed by atoms with Crippen molar-refractivity contribution in [2.75, 3.05) is 50.8 Å². The highest BCUT2D eigenvalue weighted by molar-refractivity contribution is 5.80. The molecule has 164 valence electrons. The Morgan fingerprint density at radius 1 is 1.03 bits per heavy atom. The summed E-state index contributed by atoms with van der Waals surface area (Å²) in [5.41, 5.74) is 7.40. The van der Waals surface area contributed by atoms with Crippen LogP contribution in [0.15, 0.2) is 24.3 Å². The molecule has 0 radical (unpaired) electrons. The Morgan fingerprint density at radius 2 is 1.70 bits per heavy atom. The molecular weight excluding hydrogens is 401 g/mol. The number of carbonyl (C=O) groups is 2. The van der Waals surface area contributed by atoms with E-state index in [9.17, 15) is 22.8 Å². The van der Waals surface area contributed by atoms with Crippen LogP contribution in [0, 0.1) is 5.92 Å². The number of nitrogens with two attached hydrogens (primary N) is 1. The Bertz CT molecular complexity index is 789. The Kier molecular flexibility index (Phi) is 5.52. The first-order valence-electron chi connectivity index (χ1n) is 10.1. The molecule has 1 aromatic rings. The number of anilines is 1. The van der Waals surface area contributed by atoms with Crippen molar-refractivity contribution in [2.24, 2.45) is 11.7 Å². The molecule has 1 atom stereocenters. The van der Waals surface area contributed by atoms with Crippen molar-refractivity contribution < 1.29 is 27.5 Å². The van der Waals surface area contributed by atoms with E-state index in [2.05, 4.69) is 0 Å². The highest BCUT2D eigenvalue weighted by atomic mass is 19.4. The van der Waals surface area contributed by atoms with Gasteiger partial charge in [0.05, 0.1) is 12.0 Å². The van der Waals surface area contributed by atoms with Gasteiger partial charge in [0.2, 0.25) is 5.91 Å². The van der Waals surface area contributed by atoms with E-state index in [1.165, 1.54) is 0 Å². The normalized spacial score (nSPS) is 22.8. The van der Waals surface area contributed by atoms with Gasteiger partial charge < -0.3 is 25.2 Å². The maximum Gasteiger partial charge on any atom is 0.411 e. The molecule has 3 fully saturated rings. The summed E-state index contributed by atoms with van der Waals surface area (Å²) < 4.78 is 41.4. The number of rotatable bonds is 5. The van der Waals surface area contributed by atoms with Crippen molar-refractivity contribution in [1.82, 2.24) is 9.80 Å². The van der Waals surface area contributed by atoms with Gasteiger partial charge in [-0.3, -0.25) is 4.79 Å². The first kappa shape index (κ1) is 20.8. The first-order chi connectivity index (χ1) is 14.2. The number of nitrogens with zero attached hydrogens (tertiary/aromatic N) is 3. The molecule has 10 heteroatoms. The summed E-state index contributed by atoms with van der Waals surface area (Å²) in [6.45, 7) is 1.91. The van der Waals surface area contributed by atoms with Gasteiger partial charge >= 0.3 is 12.2 Å². The summed E-state index contributed by atoms with van der Waals surface area (Å²) in [4.78, 5) is 29.2. The van der Waals surface area contributed by atoms with Gasteiger partial charge in [-0.25, -0.2) is 4.79 Å². The molecule has 1 aromatic carbocycles. The third-order valence-electron chi connectivity index (χ3n) is 6.07. The number of alkyl halides is 3. The average molecular weight is 426 g/mol. The summed E-state index contributed by atoms with van der Waals surface area (Å²) in [7, 11) is 0. The minimum absolute atomic E-state index is 0.0444. The molecule has 0 saturated carbocycles. The maximum absolute atomic E-state index is 12.5. The second-order valence-electron chi connectivity index (χ2n) is 8.26. The molecule has 3 amide bonds. The van der Waals surface area contributed by atoms with Crippen LogP contribution in [-0.4, -0.2) is 79.9 Å². The maximum atomic E-state index is 12.5. The minimum Gasteiger partial charge on any atom is -0.369 e. The summed E-state index contributed by atoms with van der Waals surface area (Å²) in [6.07, 6.45) is -4.06. The number of hydrogen-bond acceptors (Lipinski definition) is 4. The van der Waals surface area contributed by atoms with Crippen LogP contribution in [0.3, 0.4) is 0 Å². The predicted octanol–water partition coefficient (Wildman–Crippen LogP) is 1.78. The number of benzene rings is 1. The van der Waals surface area contributed by atoms with Crippen LogP contribution in [-0.2, 0) is 9.53 Å². The summed E-state index contributed by atoms with van der Waals surface area (Å²) in [5.74, 6) is -0.345. The van der Waals surface area contributed by atoms with Gasteiger partial charge in [0, 0.05) is 50.9 Å². The predicted molar refractivity (Wildman–Crippen MR) is 103 cm³/mol. The molecular formula is C20H25F3N4O3. The van der Waals surface area contributed by atoms with Crippen LogP contribution < -0.4 is 10.6 Å². The zero-order valence-electron chi connectivity index (χ0n) is 16.5. The van der Waals surface area contributed by atoms with E-state index >= 15 is 0 Å². The van der Waals surface area contributed by atoms with Crippen molar-refractivity contribution in [3.63, 3.8) is 0 Å².